The lowest BCUT2D eigenvalue weighted by molar-refractivity contribution is -0.746. The van der Waals surface area contributed by atoms with Crippen LogP contribution in [0.5, 0.6) is 5.95 Å². The van der Waals surface area contributed by atoms with Crippen LogP contribution in [0, 0.1) is 0 Å². The van der Waals surface area contributed by atoms with Gasteiger partial charge in [-0.1, -0.05) is 16.8 Å². The van der Waals surface area contributed by atoms with Gasteiger partial charge in [0.2, 0.25) is 11.8 Å². The molecule has 5 rings (SSSR count). The van der Waals surface area contributed by atoms with Gasteiger partial charge in [-0.25, -0.2) is 4.98 Å². The number of anilines is 1. The highest BCUT2D eigenvalue weighted by atomic mass is 32.1. The Labute approximate surface area is 210 Å². The number of benzene rings is 2. The van der Waals surface area contributed by atoms with E-state index in [1.54, 1.807) is 43.1 Å². The van der Waals surface area contributed by atoms with Crippen LogP contribution in [0.15, 0.2) is 57.5 Å². The summed E-state index contributed by atoms with van der Waals surface area (Å²) in [6, 6.07) is 13.7. The van der Waals surface area contributed by atoms with Crippen LogP contribution in [-0.4, -0.2) is 49.6 Å². The topological polar surface area (TPSA) is 132 Å². The lowest BCUT2D eigenvalue weighted by Gasteiger charge is -2.22. The summed E-state index contributed by atoms with van der Waals surface area (Å²) in [7, 11) is 1.56. The van der Waals surface area contributed by atoms with Gasteiger partial charge in [0.25, 0.3) is 11.6 Å². The first-order valence-corrected chi connectivity index (χ1v) is 11.7. The van der Waals surface area contributed by atoms with E-state index in [-0.39, 0.29) is 35.6 Å². The zero-order valence-electron chi connectivity index (χ0n) is 19.5. The van der Waals surface area contributed by atoms with E-state index in [2.05, 4.69) is 20.1 Å². The Morgan fingerprint density at radius 3 is 2.64 bits per heavy atom. The van der Waals surface area contributed by atoms with Crippen molar-refractivity contribution >= 4 is 45.9 Å². The SMILES string of the molecule is CCN1C(=O)C(CC(=O)Nc2ccc(-c3nc4ccccc4o3)cc2)N(Cc2c([O-])on[n+]2C)C1=S. The number of amides is 2. The van der Waals surface area contributed by atoms with Gasteiger partial charge >= 0.3 is 0 Å². The second-order valence-corrected chi connectivity index (χ2v) is 8.62. The first-order chi connectivity index (χ1) is 17.4. The Morgan fingerprint density at radius 1 is 1.22 bits per heavy atom. The van der Waals surface area contributed by atoms with Crippen LogP contribution in [0.4, 0.5) is 5.69 Å². The molecule has 0 radical (unpaired) electrons. The molecule has 1 atom stereocenters. The highest BCUT2D eigenvalue weighted by Gasteiger charge is 2.44. The number of thiocarbonyl (C=S) groups is 1. The van der Waals surface area contributed by atoms with Gasteiger partial charge in [-0.2, -0.15) is 0 Å². The molecular weight excluding hydrogens is 484 g/mol. The van der Waals surface area contributed by atoms with E-state index in [4.69, 9.17) is 16.6 Å². The van der Waals surface area contributed by atoms with E-state index in [1.807, 2.05) is 24.3 Å². The quantitative estimate of drug-likeness (QED) is 0.294. The lowest BCUT2D eigenvalue weighted by atomic mass is 10.1. The predicted molar refractivity (Wildman–Crippen MR) is 129 cm³/mol. The van der Waals surface area contributed by atoms with Crippen LogP contribution in [-0.2, 0) is 23.2 Å². The Morgan fingerprint density at radius 2 is 1.97 bits per heavy atom. The Hall–Kier alpha value is -4.32. The van der Waals surface area contributed by atoms with Crippen molar-refractivity contribution in [1.82, 2.24) is 20.1 Å². The van der Waals surface area contributed by atoms with E-state index in [0.29, 0.717) is 23.7 Å². The minimum absolute atomic E-state index is 0.00293. The van der Waals surface area contributed by atoms with Gasteiger partial charge in [0.1, 0.15) is 18.1 Å². The summed E-state index contributed by atoms with van der Waals surface area (Å²) >= 11 is 5.46. The van der Waals surface area contributed by atoms with Gasteiger partial charge in [-0.15, -0.1) is 0 Å². The van der Waals surface area contributed by atoms with Crippen LogP contribution >= 0.6 is 12.2 Å². The van der Waals surface area contributed by atoms with Crippen molar-refractivity contribution in [2.45, 2.75) is 25.9 Å². The summed E-state index contributed by atoms with van der Waals surface area (Å²) in [5.41, 5.74) is 3.00. The molecule has 184 valence electrons. The first-order valence-electron chi connectivity index (χ1n) is 11.3. The smallest absolute Gasteiger partial charge is 0.252 e. The van der Waals surface area contributed by atoms with Crippen molar-refractivity contribution in [2.75, 3.05) is 11.9 Å². The molecule has 1 saturated heterocycles. The maximum absolute atomic E-state index is 13.0. The van der Waals surface area contributed by atoms with Crippen molar-refractivity contribution in [3.63, 3.8) is 0 Å². The molecule has 1 fully saturated rings. The average molecular weight is 507 g/mol. The van der Waals surface area contributed by atoms with E-state index >= 15 is 0 Å². The molecule has 1 aliphatic heterocycles. The number of para-hydroxylation sites is 2. The van der Waals surface area contributed by atoms with Gasteiger partial charge in [0.05, 0.1) is 11.7 Å². The molecule has 2 aromatic heterocycles. The molecule has 0 spiro atoms. The summed E-state index contributed by atoms with van der Waals surface area (Å²) in [5, 5.41) is 18.7. The number of fused-ring (bicyclic) bond motifs is 1. The third kappa shape index (κ3) is 4.26. The fourth-order valence-corrected chi connectivity index (χ4v) is 4.51. The van der Waals surface area contributed by atoms with Gasteiger partial charge in [-0.3, -0.25) is 14.5 Å². The molecule has 1 N–H and O–H groups in total. The van der Waals surface area contributed by atoms with Crippen LogP contribution < -0.4 is 15.1 Å². The average Bonchev–Trinajstić information content (AvgIpc) is 3.50. The third-order valence-corrected chi connectivity index (χ3v) is 6.46. The van der Waals surface area contributed by atoms with Crippen molar-refractivity contribution in [2.24, 2.45) is 7.05 Å². The number of hydrogen-bond acceptors (Lipinski definition) is 8. The van der Waals surface area contributed by atoms with Crippen molar-refractivity contribution in [3.05, 3.63) is 54.2 Å². The Bertz CT molecular complexity index is 1410. The van der Waals surface area contributed by atoms with Crippen molar-refractivity contribution in [1.29, 1.82) is 0 Å². The molecule has 1 unspecified atom stereocenters. The number of carbonyl (C=O) groups is 2. The molecule has 0 saturated carbocycles. The molecule has 0 bridgehead atoms. The Kier molecular flexibility index (Phi) is 6.10. The minimum atomic E-state index is -0.856. The van der Waals surface area contributed by atoms with Crippen LogP contribution in [0.25, 0.3) is 22.6 Å². The number of oxazole rings is 1. The number of rotatable bonds is 7. The van der Waals surface area contributed by atoms with Crippen molar-refractivity contribution < 1.29 is 28.3 Å². The number of nitrogens with zero attached hydrogens (tertiary/aromatic N) is 5. The summed E-state index contributed by atoms with van der Waals surface area (Å²) < 4.78 is 11.7. The zero-order valence-corrected chi connectivity index (χ0v) is 20.3. The summed E-state index contributed by atoms with van der Waals surface area (Å²) in [6.07, 6.45) is -0.147. The predicted octanol–water partition coefficient (Wildman–Crippen LogP) is 1.73. The molecular formula is C24H22N6O5S. The highest BCUT2D eigenvalue weighted by Crippen LogP contribution is 2.27. The number of nitrogens with one attached hydrogen (secondary N) is 1. The summed E-state index contributed by atoms with van der Waals surface area (Å²) in [6.45, 7) is 2.14. The third-order valence-electron chi connectivity index (χ3n) is 6.00. The number of aryl methyl sites for hydroxylation is 1. The highest BCUT2D eigenvalue weighted by molar-refractivity contribution is 7.80. The van der Waals surface area contributed by atoms with Crippen LogP contribution in [0.3, 0.4) is 0 Å². The molecule has 11 nitrogen and oxygen atoms in total. The molecule has 2 aromatic carbocycles. The zero-order chi connectivity index (χ0) is 25.4. The molecule has 3 heterocycles. The molecule has 4 aromatic rings. The lowest BCUT2D eigenvalue weighted by Crippen LogP contribution is -2.42. The second-order valence-electron chi connectivity index (χ2n) is 8.26. The van der Waals surface area contributed by atoms with Crippen LogP contribution in [0.1, 0.15) is 19.0 Å². The van der Waals surface area contributed by atoms with Gasteiger partial charge in [-0.05, 0) is 55.5 Å². The fraction of sp³-hybridized carbons (Fsp3) is 0.250. The maximum Gasteiger partial charge on any atom is 0.252 e. The van der Waals surface area contributed by atoms with Crippen LogP contribution in [0.2, 0.25) is 0 Å². The van der Waals surface area contributed by atoms with Crippen molar-refractivity contribution in [3.8, 4) is 17.4 Å². The largest absolute Gasteiger partial charge is 0.539 e. The number of likely N-dealkylation sites (N-methyl/N-ethyl adjacent to an activating group) is 1. The maximum atomic E-state index is 13.0. The number of aromatic nitrogens is 3. The minimum Gasteiger partial charge on any atom is -0.539 e. The summed E-state index contributed by atoms with van der Waals surface area (Å²) in [5.74, 6) is -0.805. The second kappa shape index (κ2) is 9.38. The van der Waals surface area contributed by atoms with E-state index in [1.165, 1.54) is 9.58 Å². The molecule has 0 aliphatic carbocycles. The molecule has 36 heavy (non-hydrogen) atoms. The van der Waals surface area contributed by atoms with E-state index in [0.717, 1.165) is 11.1 Å². The van der Waals surface area contributed by atoms with Gasteiger partial charge in [0, 0.05) is 17.8 Å². The fourth-order valence-electron chi connectivity index (χ4n) is 4.10. The molecule has 12 heteroatoms. The first kappa shape index (κ1) is 23.4. The monoisotopic (exact) mass is 506 g/mol. The van der Waals surface area contributed by atoms with E-state index in [9.17, 15) is 14.7 Å². The Balaban J connectivity index is 1.29. The number of carbonyl (C=O) groups excluding carboxylic acids is 2. The van der Waals surface area contributed by atoms with E-state index < -0.39 is 12.0 Å². The standard InChI is InChI=1S/C24H22N6O5S/c1-3-29-22(32)17(30(24(29)36)13-18-23(33)35-27-28(18)2)12-20(31)25-15-10-8-14(9-11-15)21-26-16-6-4-5-7-19(16)34-21/h4-11,17H,3,12-13H2,1-2H3,(H-,25,26,27,31,33). The van der Waals surface area contributed by atoms with Gasteiger partial charge in [0.15, 0.2) is 23.7 Å². The van der Waals surface area contributed by atoms with Gasteiger partial charge < -0.3 is 24.3 Å². The molecule has 1 aliphatic rings. The molecule has 2 amide bonds. The number of hydrogen-bond donors (Lipinski definition) is 1. The summed E-state index contributed by atoms with van der Waals surface area (Å²) in [4.78, 5) is 33.3. The normalized spacial score (nSPS) is 15.8.